The fraction of sp³-hybridized carbons (Fsp3) is 0.400. The predicted octanol–water partition coefficient (Wildman–Crippen LogP) is 3.46. The molecule has 0 radical (unpaired) electrons. The largest absolute Gasteiger partial charge is 0.383 e. The molecule has 20 heavy (non-hydrogen) atoms. The number of hydrogen-bond donors (Lipinski definition) is 1. The fourth-order valence-corrected chi connectivity index (χ4v) is 2.68. The molecule has 0 unspecified atom stereocenters. The molecule has 108 valence electrons. The molecule has 0 aliphatic heterocycles. The Morgan fingerprint density at radius 1 is 1.30 bits per heavy atom. The number of aromatic nitrogens is 1. The smallest absolute Gasteiger partial charge is 0.123 e. The molecule has 0 amide bonds. The molecule has 0 aliphatic rings. The average Bonchev–Trinajstić information content (AvgIpc) is 2.86. The molecule has 0 saturated carbocycles. The lowest BCUT2D eigenvalue weighted by Gasteiger charge is -2.24. The number of rotatable bonds is 6. The van der Waals surface area contributed by atoms with Gasteiger partial charge in [-0.2, -0.15) is 0 Å². The minimum absolute atomic E-state index is 0.0889. The van der Waals surface area contributed by atoms with Crippen LogP contribution in [0.2, 0.25) is 0 Å². The minimum Gasteiger partial charge on any atom is -0.383 e. The standard InChI is InChI=1S/C15H19FN2OS/c1-15(2,10-19-3)17-8-13-9-20-14(18-13)11-4-6-12(16)7-5-11/h4-7,9,17H,8,10H2,1-3H3. The number of nitrogens with one attached hydrogen (secondary N) is 1. The first-order valence-corrected chi connectivity index (χ1v) is 7.32. The van der Waals surface area contributed by atoms with Crippen molar-refractivity contribution in [2.75, 3.05) is 13.7 Å². The topological polar surface area (TPSA) is 34.1 Å². The summed E-state index contributed by atoms with van der Waals surface area (Å²) in [5.41, 5.74) is 1.84. The summed E-state index contributed by atoms with van der Waals surface area (Å²) in [5.74, 6) is -0.228. The number of benzene rings is 1. The average molecular weight is 294 g/mol. The van der Waals surface area contributed by atoms with E-state index in [1.165, 1.54) is 12.1 Å². The van der Waals surface area contributed by atoms with E-state index >= 15 is 0 Å². The van der Waals surface area contributed by atoms with Crippen LogP contribution >= 0.6 is 11.3 Å². The molecule has 0 atom stereocenters. The lowest BCUT2D eigenvalue weighted by atomic mass is 10.1. The molecule has 1 aromatic heterocycles. The molecule has 1 aromatic carbocycles. The molecule has 5 heteroatoms. The normalized spacial score (nSPS) is 11.8. The maximum atomic E-state index is 12.9. The molecule has 1 N–H and O–H groups in total. The molecule has 2 rings (SSSR count). The Morgan fingerprint density at radius 2 is 2.00 bits per heavy atom. The van der Waals surface area contributed by atoms with Gasteiger partial charge in [0.15, 0.2) is 0 Å². The molecule has 0 fully saturated rings. The van der Waals surface area contributed by atoms with Gasteiger partial charge in [-0.3, -0.25) is 0 Å². The van der Waals surface area contributed by atoms with Crippen LogP contribution in [-0.4, -0.2) is 24.2 Å². The molecule has 0 saturated heterocycles. The Hall–Kier alpha value is -1.30. The van der Waals surface area contributed by atoms with Gasteiger partial charge >= 0.3 is 0 Å². The fourth-order valence-electron chi connectivity index (χ4n) is 1.85. The monoisotopic (exact) mass is 294 g/mol. The summed E-state index contributed by atoms with van der Waals surface area (Å²) < 4.78 is 18.1. The van der Waals surface area contributed by atoms with Gasteiger partial charge in [-0.1, -0.05) is 0 Å². The Balaban J connectivity index is 2.00. The lowest BCUT2D eigenvalue weighted by Crippen LogP contribution is -2.42. The predicted molar refractivity (Wildman–Crippen MR) is 80.3 cm³/mol. The number of halogens is 1. The van der Waals surface area contributed by atoms with Crippen LogP contribution in [0.15, 0.2) is 29.6 Å². The van der Waals surface area contributed by atoms with Gasteiger partial charge in [-0.25, -0.2) is 9.37 Å². The van der Waals surface area contributed by atoms with Gasteiger partial charge < -0.3 is 10.1 Å². The third-order valence-electron chi connectivity index (χ3n) is 2.90. The Morgan fingerprint density at radius 3 is 2.65 bits per heavy atom. The van der Waals surface area contributed by atoms with Crippen LogP contribution < -0.4 is 5.32 Å². The van der Waals surface area contributed by atoms with Crippen LogP contribution in [-0.2, 0) is 11.3 Å². The van der Waals surface area contributed by atoms with Crippen LogP contribution in [0.1, 0.15) is 19.5 Å². The summed E-state index contributed by atoms with van der Waals surface area (Å²) in [6.07, 6.45) is 0. The van der Waals surface area contributed by atoms with E-state index in [0.717, 1.165) is 16.3 Å². The van der Waals surface area contributed by atoms with Crippen LogP contribution in [0.3, 0.4) is 0 Å². The first kappa shape index (κ1) is 15.1. The summed E-state index contributed by atoms with van der Waals surface area (Å²) in [4.78, 5) is 4.57. The Labute approximate surface area is 122 Å². The van der Waals surface area contributed by atoms with Crippen molar-refractivity contribution in [2.45, 2.75) is 25.9 Å². The highest BCUT2D eigenvalue weighted by molar-refractivity contribution is 7.13. The van der Waals surface area contributed by atoms with Gasteiger partial charge in [0.2, 0.25) is 0 Å². The quantitative estimate of drug-likeness (QED) is 0.886. The summed E-state index contributed by atoms with van der Waals surface area (Å²) >= 11 is 1.57. The van der Waals surface area contributed by atoms with E-state index in [2.05, 4.69) is 24.1 Å². The van der Waals surface area contributed by atoms with E-state index in [1.54, 1.807) is 30.6 Å². The first-order valence-electron chi connectivity index (χ1n) is 6.44. The molecular formula is C15H19FN2OS. The van der Waals surface area contributed by atoms with E-state index in [1.807, 2.05) is 5.38 Å². The number of methoxy groups -OCH3 is 1. The van der Waals surface area contributed by atoms with Gasteiger partial charge in [0.25, 0.3) is 0 Å². The second-order valence-electron chi connectivity index (χ2n) is 5.32. The molecule has 3 nitrogen and oxygen atoms in total. The van der Waals surface area contributed by atoms with Crippen molar-refractivity contribution in [2.24, 2.45) is 0 Å². The van der Waals surface area contributed by atoms with Crippen LogP contribution in [0.5, 0.6) is 0 Å². The molecule has 0 bridgehead atoms. The van der Waals surface area contributed by atoms with Gasteiger partial charge in [0.1, 0.15) is 10.8 Å². The first-order chi connectivity index (χ1) is 9.50. The maximum absolute atomic E-state index is 12.9. The van der Waals surface area contributed by atoms with Crippen LogP contribution in [0, 0.1) is 5.82 Å². The second-order valence-corrected chi connectivity index (χ2v) is 6.18. The van der Waals surface area contributed by atoms with Crippen LogP contribution in [0.4, 0.5) is 4.39 Å². The van der Waals surface area contributed by atoms with Crippen molar-refractivity contribution in [1.82, 2.24) is 10.3 Å². The zero-order chi connectivity index (χ0) is 14.6. The van der Waals surface area contributed by atoms with Crippen molar-refractivity contribution in [1.29, 1.82) is 0 Å². The molecule has 0 aliphatic carbocycles. The van der Waals surface area contributed by atoms with Crippen molar-refractivity contribution in [3.8, 4) is 10.6 Å². The Bertz CT molecular complexity index is 551. The number of nitrogens with zero attached hydrogens (tertiary/aromatic N) is 1. The van der Waals surface area contributed by atoms with Crippen molar-refractivity contribution in [3.63, 3.8) is 0 Å². The second kappa shape index (κ2) is 6.43. The van der Waals surface area contributed by atoms with Gasteiger partial charge in [-0.15, -0.1) is 11.3 Å². The summed E-state index contributed by atoms with van der Waals surface area (Å²) in [6.45, 7) is 5.50. The van der Waals surface area contributed by atoms with Crippen LogP contribution in [0.25, 0.3) is 10.6 Å². The number of ether oxygens (including phenoxy) is 1. The third kappa shape index (κ3) is 4.10. The summed E-state index contributed by atoms with van der Waals surface area (Å²) in [7, 11) is 1.69. The lowest BCUT2D eigenvalue weighted by molar-refractivity contribution is 0.127. The number of hydrogen-bond acceptors (Lipinski definition) is 4. The minimum atomic E-state index is -0.228. The summed E-state index contributed by atoms with van der Waals surface area (Å²) in [6, 6.07) is 6.41. The van der Waals surface area contributed by atoms with E-state index in [4.69, 9.17) is 4.74 Å². The SMILES string of the molecule is COCC(C)(C)NCc1csc(-c2ccc(F)cc2)n1. The maximum Gasteiger partial charge on any atom is 0.123 e. The highest BCUT2D eigenvalue weighted by atomic mass is 32.1. The van der Waals surface area contributed by atoms with Gasteiger partial charge in [0.05, 0.1) is 12.3 Å². The van der Waals surface area contributed by atoms with E-state index < -0.39 is 0 Å². The molecular weight excluding hydrogens is 275 g/mol. The van der Waals surface area contributed by atoms with Crippen molar-refractivity contribution >= 4 is 11.3 Å². The molecule has 1 heterocycles. The van der Waals surface area contributed by atoms with E-state index in [9.17, 15) is 4.39 Å². The summed E-state index contributed by atoms with van der Waals surface area (Å²) in [5, 5.41) is 6.34. The zero-order valence-corrected chi connectivity index (χ0v) is 12.8. The third-order valence-corrected chi connectivity index (χ3v) is 3.84. The molecule has 0 spiro atoms. The molecule has 2 aromatic rings. The highest BCUT2D eigenvalue weighted by Gasteiger charge is 2.17. The Kier molecular flexibility index (Phi) is 4.86. The van der Waals surface area contributed by atoms with Gasteiger partial charge in [-0.05, 0) is 38.1 Å². The highest BCUT2D eigenvalue weighted by Crippen LogP contribution is 2.24. The van der Waals surface area contributed by atoms with Crippen molar-refractivity contribution < 1.29 is 9.13 Å². The number of thiazole rings is 1. The van der Waals surface area contributed by atoms with Crippen molar-refractivity contribution in [3.05, 3.63) is 41.2 Å². The zero-order valence-electron chi connectivity index (χ0n) is 11.9. The van der Waals surface area contributed by atoms with E-state index in [0.29, 0.717) is 13.2 Å². The van der Waals surface area contributed by atoms with Gasteiger partial charge in [0, 0.05) is 30.1 Å². The van der Waals surface area contributed by atoms with E-state index in [-0.39, 0.29) is 11.4 Å².